The number of methoxy groups -OCH3 is 2. The Morgan fingerprint density at radius 1 is 1.18 bits per heavy atom. The third-order valence-corrected chi connectivity index (χ3v) is 7.91. The molecule has 3 aromatic rings. The molecule has 0 aliphatic heterocycles. The van der Waals surface area contributed by atoms with E-state index in [0.717, 1.165) is 24.2 Å². The van der Waals surface area contributed by atoms with Crippen LogP contribution in [0.5, 0.6) is 11.5 Å². The summed E-state index contributed by atoms with van der Waals surface area (Å²) in [6.07, 6.45) is 5.16. The molecule has 1 saturated carbocycles. The Labute approximate surface area is 195 Å². The fourth-order valence-corrected chi connectivity index (χ4v) is 5.33. The van der Waals surface area contributed by atoms with Crippen LogP contribution in [0.25, 0.3) is 12.2 Å². The Hall–Kier alpha value is -3.31. The fraction of sp³-hybridized carbons (Fsp3) is 0.273. The number of thiophene rings is 1. The first kappa shape index (κ1) is 22.9. The smallest absolute Gasteiger partial charge is 0.271 e. The number of amides is 1. The van der Waals surface area contributed by atoms with E-state index < -0.39 is 10.0 Å². The lowest BCUT2D eigenvalue weighted by atomic mass is 10.2. The third-order valence-electron chi connectivity index (χ3n) is 5.00. The molecule has 1 amide bonds. The van der Waals surface area contributed by atoms with E-state index in [1.54, 1.807) is 43.3 Å². The minimum atomic E-state index is -3.83. The van der Waals surface area contributed by atoms with Gasteiger partial charge in [-0.2, -0.15) is 0 Å². The van der Waals surface area contributed by atoms with Gasteiger partial charge in [-0.15, -0.1) is 11.3 Å². The highest BCUT2D eigenvalue weighted by Gasteiger charge is 2.31. The molecule has 174 valence electrons. The van der Waals surface area contributed by atoms with Crippen LogP contribution in [0, 0.1) is 12.8 Å². The number of ether oxygens (including phenoxy) is 2. The molecule has 1 aliphatic rings. The molecule has 0 atom stereocenters. The van der Waals surface area contributed by atoms with E-state index in [2.05, 4.69) is 15.2 Å². The SMILES string of the molecule is COc1ccc(NS(=O)(=O)c2ccc(C=Cc3onc(C)c3NC(=O)C3CC3)s2)c(OC)c1. The molecule has 0 spiro atoms. The molecule has 2 aromatic heterocycles. The number of nitrogens with one attached hydrogen (secondary N) is 2. The van der Waals surface area contributed by atoms with Crippen LogP contribution in [-0.4, -0.2) is 33.7 Å². The van der Waals surface area contributed by atoms with Crippen LogP contribution in [0.1, 0.15) is 29.2 Å². The summed E-state index contributed by atoms with van der Waals surface area (Å²) in [5.41, 5.74) is 1.41. The van der Waals surface area contributed by atoms with Gasteiger partial charge < -0.3 is 19.3 Å². The van der Waals surface area contributed by atoms with Gasteiger partial charge in [0, 0.05) is 16.9 Å². The first-order valence-electron chi connectivity index (χ1n) is 10.1. The lowest BCUT2D eigenvalue weighted by molar-refractivity contribution is -0.117. The van der Waals surface area contributed by atoms with E-state index in [9.17, 15) is 13.2 Å². The zero-order chi connectivity index (χ0) is 23.6. The number of benzene rings is 1. The van der Waals surface area contributed by atoms with Gasteiger partial charge in [0.2, 0.25) is 5.91 Å². The highest BCUT2D eigenvalue weighted by atomic mass is 32.2. The third kappa shape index (κ3) is 5.20. The summed E-state index contributed by atoms with van der Waals surface area (Å²) in [7, 11) is -0.860. The Kier molecular flexibility index (Phi) is 6.43. The number of sulfonamides is 1. The molecule has 9 nitrogen and oxygen atoms in total. The van der Waals surface area contributed by atoms with Gasteiger partial charge in [0.25, 0.3) is 10.0 Å². The van der Waals surface area contributed by atoms with Gasteiger partial charge in [-0.25, -0.2) is 8.42 Å². The van der Waals surface area contributed by atoms with Crippen molar-refractivity contribution < 1.29 is 27.2 Å². The van der Waals surface area contributed by atoms with E-state index in [0.29, 0.717) is 39.2 Å². The summed E-state index contributed by atoms with van der Waals surface area (Å²) in [4.78, 5) is 12.8. The van der Waals surface area contributed by atoms with Crippen molar-refractivity contribution in [2.45, 2.75) is 24.0 Å². The molecule has 0 unspecified atom stereocenters. The minimum absolute atomic E-state index is 0.0412. The average Bonchev–Trinajstić information content (AvgIpc) is 3.45. The minimum Gasteiger partial charge on any atom is -0.497 e. The summed E-state index contributed by atoms with van der Waals surface area (Å²) in [5.74, 6) is 1.31. The van der Waals surface area contributed by atoms with Crippen LogP contribution < -0.4 is 19.5 Å². The number of hydrogen-bond acceptors (Lipinski definition) is 8. The van der Waals surface area contributed by atoms with Crippen LogP contribution in [0.2, 0.25) is 0 Å². The summed E-state index contributed by atoms with van der Waals surface area (Å²) in [5, 5.41) is 6.78. The highest BCUT2D eigenvalue weighted by molar-refractivity contribution is 7.94. The lowest BCUT2D eigenvalue weighted by Crippen LogP contribution is -2.14. The number of rotatable bonds is 9. The van der Waals surface area contributed by atoms with Crippen molar-refractivity contribution in [3.63, 3.8) is 0 Å². The van der Waals surface area contributed by atoms with E-state index in [4.69, 9.17) is 14.0 Å². The van der Waals surface area contributed by atoms with Crippen LogP contribution in [0.4, 0.5) is 11.4 Å². The predicted molar refractivity (Wildman–Crippen MR) is 126 cm³/mol. The largest absolute Gasteiger partial charge is 0.497 e. The number of aromatic nitrogens is 1. The maximum atomic E-state index is 12.9. The van der Waals surface area contributed by atoms with E-state index in [-0.39, 0.29) is 16.0 Å². The Bertz CT molecular complexity index is 1310. The monoisotopic (exact) mass is 489 g/mol. The molecular formula is C22H23N3O6S2. The Morgan fingerprint density at radius 2 is 1.97 bits per heavy atom. The first-order chi connectivity index (χ1) is 15.8. The van der Waals surface area contributed by atoms with Gasteiger partial charge in [0.1, 0.15) is 27.1 Å². The summed E-state index contributed by atoms with van der Waals surface area (Å²) in [6, 6.07) is 8.02. The molecular weight excluding hydrogens is 466 g/mol. The zero-order valence-electron chi connectivity index (χ0n) is 18.2. The van der Waals surface area contributed by atoms with Gasteiger partial charge >= 0.3 is 0 Å². The molecule has 11 heteroatoms. The quantitative estimate of drug-likeness (QED) is 0.458. The number of carbonyl (C=O) groups is 1. The fourth-order valence-electron chi connectivity index (χ4n) is 3.03. The highest BCUT2D eigenvalue weighted by Crippen LogP contribution is 2.34. The van der Waals surface area contributed by atoms with Crippen LogP contribution >= 0.6 is 11.3 Å². The number of nitrogens with zero attached hydrogens (tertiary/aromatic N) is 1. The molecule has 0 radical (unpaired) electrons. The molecule has 4 rings (SSSR count). The van der Waals surface area contributed by atoms with Crippen molar-refractivity contribution in [1.29, 1.82) is 0 Å². The second-order valence-electron chi connectivity index (χ2n) is 7.43. The maximum absolute atomic E-state index is 12.9. The van der Waals surface area contributed by atoms with Crippen molar-refractivity contribution in [2.75, 3.05) is 24.3 Å². The van der Waals surface area contributed by atoms with Crippen molar-refractivity contribution in [3.8, 4) is 11.5 Å². The molecule has 0 bridgehead atoms. The Morgan fingerprint density at radius 3 is 2.67 bits per heavy atom. The zero-order valence-corrected chi connectivity index (χ0v) is 19.9. The van der Waals surface area contributed by atoms with Gasteiger partial charge in [0.15, 0.2) is 5.76 Å². The summed E-state index contributed by atoms with van der Waals surface area (Å²) < 4.78 is 44.1. The number of hydrogen-bond donors (Lipinski definition) is 2. The van der Waals surface area contributed by atoms with E-state index in [1.807, 2.05) is 0 Å². The lowest BCUT2D eigenvalue weighted by Gasteiger charge is -2.12. The van der Waals surface area contributed by atoms with Crippen LogP contribution in [-0.2, 0) is 14.8 Å². The average molecular weight is 490 g/mol. The second-order valence-corrected chi connectivity index (χ2v) is 10.5. The van der Waals surface area contributed by atoms with E-state index >= 15 is 0 Å². The van der Waals surface area contributed by atoms with E-state index in [1.165, 1.54) is 20.3 Å². The molecule has 2 N–H and O–H groups in total. The van der Waals surface area contributed by atoms with Gasteiger partial charge in [0.05, 0.1) is 19.9 Å². The summed E-state index contributed by atoms with van der Waals surface area (Å²) >= 11 is 1.09. The first-order valence-corrected chi connectivity index (χ1v) is 12.4. The molecule has 1 aliphatic carbocycles. The van der Waals surface area contributed by atoms with Crippen LogP contribution in [0.3, 0.4) is 0 Å². The standard InChI is InChI=1S/C22H23N3O6S2/c1-13-21(23-22(26)14-4-5-14)18(31-24-13)10-7-16-8-11-20(32-16)33(27,28)25-17-9-6-15(29-2)12-19(17)30-3/h6-12,14,25H,4-5H2,1-3H3,(H,23,26). The maximum Gasteiger partial charge on any atom is 0.271 e. The van der Waals surface area contributed by atoms with Crippen LogP contribution in [0.15, 0.2) is 39.1 Å². The number of carbonyl (C=O) groups excluding carboxylic acids is 1. The molecule has 1 fully saturated rings. The molecule has 0 saturated heterocycles. The Balaban J connectivity index is 1.50. The van der Waals surface area contributed by atoms with Crippen molar-refractivity contribution >= 4 is 50.8 Å². The van der Waals surface area contributed by atoms with Crippen molar-refractivity contribution in [2.24, 2.45) is 5.92 Å². The second kappa shape index (κ2) is 9.28. The molecule has 2 heterocycles. The van der Waals surface area contributed by atoms with Gasteiger partial charge in [-0.1, -0.05) is 5.16 Å². The van der Waals surface area contributed by atoms with Crippen molar-refractivity contribution in [1.82, 2.24) is 5.16 Å². The van der Waals surface area contributed by atoms with Gasteiger partial charge in [-0.3, -0.25) is 9.52 Å². The van der Waals surface area contributed by atoms with Gasteiger partial charge in [-0.05, 0) is 56.2 Å². The molecule has 1 aromatic carbocycles. The molecule has 33 heavy (non-hydrogen) atoms. The predicted octanol–water partition coefficient (Wildman–Crippen LogP) is 4.38. The normalized spacial score (nSPS) is 13.8. The van der Waals surface area contributed by atoms with Crippen molar-refractivity contribution in [3.05, 3.63) is 46.7 Å². The summed E-state index contributed by atoms with van der Waals surface area (Å²) in [6.45, 7) is 1.75. The number of aryl methyl sites for hydroxylation is 1. The number of anilines is 2. The topological polar surface area (TPSA) is 120 Å².